The van der Waals surface area contributed by atoms with Crippen LogP contribution in [0.2, 0.25) is 0 Å². The van der Waals surface area contributed by atoms with Gasteiger partial charge in [-0.05, 0) is 75.6 Å². The summed E-state index contributed by atoms with van der Waals surface area (Å²) in [6, 6.07) is 3.92. The lowest BCUT2D eigenvalue weighted by atomic mass is 9.93. The van der Waals surface area contributed by atoms with Crippen molar-refractivity contribution in [1.29, 1.82) is 0 Å². The van der Waals surface area contributed by atoms with Crippen LogP contribution in [0.4, 0.5) is 11.4 Å². The summed E-state index contributed by atoms with van der Waals surface area (Å²) < 4.78 is 0. The van der Waals surface area contributed by atoms with Crippen LogP contribution in [0.3, 0.4) is 0 Å². The van der Waals surface area contributed by atoms with E-state index in [4.69, 9.17) is 0 Å². The minimum atomic E-state index is 0.0541. The molecule has 1 aromatic carbocycles. The SMILES string of the molecule is Cc1cc(NC(=O)[C@H]2CC=CCC2)c(C)cc1NC(=O)[C@H]1CC=CCC1. The van der Waals surface area contributed by atoms with E-state index in [9.17, 15) is 9.59 Å². The highest BCUT2D eigenvalue weighted by molar-refractivity contribution is 5.96. The Kier molecular flexibility index (Phi) is 5.92. The van der Waals surface area contributed by atoms with Gasteiger partial charge in [-0.1, -0.05) is 24.3 Å². The fourth-order valence-electron chi connectivity index (χ4n) is 3.62. The van der Waals surface area contributed by atoms with Crippen molar-refractivity contribution in [3.05, 3.63) is 47.6 Å². The van der Waals surface area contributed by atoms with Gasteiger partial charge in [-0.25, -0.2) is 0 Å². The Balaban J connectivity index is 1.67. The molecule has 138 valence electrons. The highest BCUT2D eigenvalue weighted by atomic mass is 16.2. The average Bonchev–Trinajstić information content (AvgIpc) is 2.67. The number of amides is 2. The molecule has 1 aromatic rings. The quantitative estimate of drug-likeness (QED) is 0.758. The first-order chi connectivity index (χ1) is 12.5. The lowest BCUT2D eigenvalue weighted by molar-refractivity contribution is -0.120. The van der Waals surface area contributed by atoms with E-state index in [2.05, 4.69) is 34.9 Å². The second kappa shape index (κ2) is 8.35. The predicted octanol–water partition coefficient (Wildman–Crippen LogP) is 4.89. The molecule has 4 nitrogen and oxygen atoms in total. The summed E-state index contributed by atoms with van der Waals surface area (Å²) in [5.74, 6) is 0.280. The summed E-state index contributed by atoms with van der Waals surface area (Å²) in [6.07, 6.45) is 13.8. The van der Waals surface area contributed by atoms with Gasteiger partial charge < -0.3 is 10.6 Å². The number of rotatable bonds is 4. The number of benzene rings is 1. The minimum Gasteiger partial charge on any atom is -0.326 e. The molecular formula is C22H28N2O2. The van der Waals surface area contributed by atoms with Gasteiger partial charge in [-0.15, -0.1) is 0 Å². The van der Waals surface area contributed by atoms with Crippen molar-refractivity contribution in [2.24, 2.45) is 11.8 Å². The molecule has 2 aliphatic rings. The smallest absolute Gasteiger partial charge is 0.227 e. The molecule has 0 unspecified atom stereocenters. The van der Waals surface area contributed by atoms with Crippen molar-refractivity contribution in [2.45, 2.75) is 52.4 Å². The Bertz CT molecular complexity index is 685. The van der Waals surface area contributed by atoms with E-state index in [1.807, 2.05) is 26.0 Å². The van der Waals surface area contributed by atoms with E-state index in [0.717, 1.165) is 61.0 Å². The third-order valence-electron chi connectivity index (χ3n) is 5.37. The molecule has 2 N–H and O–H groups in total. The molecule has 3 rings (SSSR count). The van der Waals surface area contributed by atoms with E-state index < -0.39 is 0 Å². The molecule has 4 heteroatoms. The molecular weight excluding hydrogens is 324 g/mol. The summed E-state index contributed by atoms with van der Waals surface area (Å²) in [6.45, 7) is 3.93. The van der Waals surface area contributed by atoms with Crippen molar-refractivity contribution in [2.75, 3.05) is 10.6 Å². The summed E-state index contributed by atoms with van der Waals surface area (Å²) in [4.78, 5) is 25.0. The maximum atomic E-state index is 12.5. The molecule has 0 aliphatic heterocycles. The monoisotopic (exact) mass is 352 g/mol. The highest BCUT2D eigenvalue weighted by Gasteiger charge is 2.21. The second-order valence-electron chi connectivity index (χ2n) is 7.42. The Morgan fingerprint density at radius 1 is 0.769 bits per heavy atom. The molecule has 0 bridgehead atoms. The third-order valence-corrected chi connectivity index (χ3v) is 5.37. The van der Waals surface area contributed by atoms with Crippen LogP contribution < -0.4 is 10.6 Å². The second-order valence-corrected chi connectivity index (χ2v) is 7.42. The van der Waals surface area contributed by atoms with Crippen LogP contribution >= 0.6 is 0 Å². The molecule has 2 amide bonds. The first-order valence-electron chi connectivity index (χ1n) is 9.57. The van der Waals surface area contributed by atoms with E-state index in [0.29, 0.717) is 0 Å². The number of anilines is 2. The molecule has 0 heterocycles. The van der Waals surface area contributed by atoms with Gasteiger partial charge >= 0.3 is 0 Å². The van der Waals surface area contributed by atoms with E-state index >= 15 is 0 Å². The van der Waals surface area contributed by atoms with Crippen molar-refractivity contribution in [1.82, 2.24) is 0 Å². The lowest BCUT2D eigenvalue weighted by Crippen LogP contribution is -2.25. The van der Waals surface area contributed by atoms with Crippen LogP contribution in [-0.2, 0) is 9.59 Å². The van der Waals surface area contributed by atoms with E-state index in [1.54, 1.807) is 0 Å². The fraction of sp³-hybridized carbons (Fsp3) is 0.455. The summed E-state index contributed by atoms with van der Waals surface area (Å²) in [5, 5.41) is 6.14. The van der Waals surface area contributed by atoms with Crippen LogP contribution in [-0.4, -0.2) is 11.8 Å². The van der Waals surface area contributed by atoms with Gasteiger partial charge in [0, 0.05) is 23.2 Å². The van der Waals surface area contributed by atoms with Gasteiger partial charge in [0.15, 0.2) is 0 Å². The highest BCUT2D eigenvalue weighted by Crippen LogP contribution is 2.28. The summed E-state index contributed by atoms with van der Waals surface area (Å²) >= 11 is 0. The van der Waals surface area contributed by atoms with Crippen molar-refractivity contribution < 1.29 is 9.59 Å². The standard InChI is InChI=1S/C22H28N2O2/c1-15-13-20(24-22(26)18-11-7-4-8-12-18)16(2)14-19(15)23-21(25)17-9-5-3-6-10-17/h3-5,7,13-14,17-18H,6,8-12H2,1-2H3,(H,23,25)(H,24,26)/t17-,18-/m0/s1. The Morgan fingerprint density at radius 2 is 1.19 bits per heavy atom. The Morgan fingerprint density at radius 3 is 1.54 bits per heavy atom. The van der Waals surface area contributed by atoms with Crippen molar-refractivity contribution >= 4 is 23.2 Å². The van der Waals surface area contributed by atoms with Crippen LogP contribution in [0.15, 0.2) is 36.4 Å². The van der Waals surface area contributed by atoms with E-state index in [-0.39, 0.29) is 23.7 Å². The topological polar surface area (TPSA) is 58.2 Å². The fourth-order valence-corrected chi connectivity index (χ4v) is 3.62. The van der Waals surface area contributed by atoms with Crippen molar-refractivity contribution in [3.63, 3.8) is 0 Å². The number of nitrogens with one attached hydrogen (secondary N) is 2. The molecule has 0 spiro atoms. The number of carbonyl (C=O) groups excluding carboxylic acids is 2. The predicted molar refractivity (Wildman–Crippen MR) is 106 cm³/mol. The number of allylic oxidation sites excluding steroid dienone is 4. The maximum Gasteiger partial charge on any atom is 0.227 e. The molecule has 0 fully saturated rings. The number of hydrogen-bond acceptors (Lipinski definition) is 2. The third kappa shape index (κ3) is 4.43. The lowest BCUT2D eigenvalue weighted by Gasteiger charge is -2.21. The van der Waals surface area contributed by atoms with Gasteiger partial charge in [0.05, 0.1) is 0 Å². The molecule has 2 atom stereocenters. The first-order valence-corrected chi connectivity index (χ1v) is 9.57. The number of hydrogen-bond donors (Lipinski definition) is 2. The van der Waals surface area contributed by atoms with E-state index in [1.165, 1.54) is 0 Å². The van der Waals surface area contributed by atoms with Crippen LogP contribution in [0.5, 0.6) is 0 Å². The molecule has 0 saturated carbocycles. The average molecular weight is 352 g/mol. The zero-order chi connectivity index (χ0) is 18.5. The number of aryl methyl sites for hydroxylation is 2. The van der Waals surface area contributed by atoms with Crippen LogP contribution in [0, 0.1) is 25.7 Å². The van der Waals surface area contributed by atoms with Crippen molar-refractivity contribution in [3.8, 4) is 0 Å². The normalized spacial score (nSPS) is 22.1. The molecule has 26 heavy (non-hydrogen) atoms. The van der Waals surface area contributed by atoms with Crippen LogP contribution in [0.25, 0.3) is 0 Å². The Labute approximate surface area is 155 Å². The number of carbonyl (C=O) groups is 2. The largest absolute Gasteiger partial charge is 0.326 e. The van der Waals surface area contributed by atoms with Gasteiger partial charge in [-0.2, -0.15) is 0 Å². The van der Waals surface area contributed by atoms with Crippen LogP contribution in [0.1, 0.15) is 49.7 Å². The summed E-state index contributed by atoms with van der Waals surface area (Å²) in [5.41, 5.74) is 3.60. The molecule has 0 saturated heterocycles. The molecule has 2 aliphatic carbocycles. The zero-order valence-corrected chi connectivity index (χ0v) is 15.7. The zero-order valence-electron chi connectivity index (χ0n) is 15.7. The van der Waals surface area contributed by atoms with Gasteiger partial charge in [0.1, 0.15) is 0 Å². The first kappa shape index (κ1) is 18.4. The van der Waals surface area contributed by atoms with Gasteiger partial charge in [0.25, 0.3) is 0 Å². The molecule has 0 radical (unpaired) electrons. The Hall–Kier alpha value is -2.36. The summed E-state index contributed by atoms with van der Waals surface area (Å²) in [7, 11) is 0. The van der Waals surface area contributed by atoms with Gasteiger partial charge in [0.2, 0.25) is 11.8 Å². The molecule has 0 aromatic heterocycles. The maximum absolute atomic E-state index is 12.5. The van der Waals surface area contributed by atoms with Gasteiger partial charge in [-0.3, -0.25) is 9.59 Å². The minimum absolute atomic E-state index is 0.0541.